The van der Waals surface area contributed by atoms with Crippen molar-refractivity contribution in [2.45, 2.75) is 19.9 Å². The van der Waals surface area contributed by atoms with Gasteiger partial charge in [-0.15, -0.1) is 0 Å². The number of carbonyl (C=O) groups excluding carboxylic acids is 1. The maximum atomic E-state index is 12.2. The molecule has 0 unspecified atom stereocenters. The Morgan fingerprint density at radius 1 is 1.19 bits per heavy atom. The van der Waals surface area contributed by atoms with E-state index >= 15 is 0 Å². The van der Waals surface area contributed by atoms with Crippen LogP contribution in [0.1, 0.15) is 30.2 Å². The Kier molecular flexibility index (Phi) is 3.35. The lowest BCUT2D eigenvalue weighted by Gasteiger charge is -2.07. The fraction of sp³-hybridized carbons (Fsp3) is 0.200. The van der Waals surface area contributed by atoms with Crippen LogP contribution in [-0.2, 0) is 0 Å². The second-order valence-corrected chi connectivity index (χ2v) is 4.96. The topological polar surface area (TPSA) is 72.7 Å². The highest BCUT2D eigenvalue weighted by atomic mass is 16.1. The van der Waals surface area contributed by atoms with Crippen LogP contribution in [0.2, 0.25) is 0 Å². The number of fused-ring (bicyclic) bond motifs is 1. The number of hydrogen-bond donors (Lipinski definition) is 1. The number of benzene rings is 1. The molecule has 21 heavy (non-hydrogen) atoms. The van der Waals surface area contributed by atoms with E-state index in [0.717, 1.165) is 5.39 Å². The van der Waals surface area contributed by atoms with Crippen molar-refractivity contribution in [2.24, 2.45) is 0 Å². The van der Waals surface area contributed by atoms with Crippen LogP contribution in [0, 0.1) is 0 Å². The summed E-state index contributed by atoms with van der Waals surface area (Å²) >= 11 is 0. The summed E-state index contributed by atoms with van der Waals surface area (Å²) in [5.74, 6) is 0.272. The van der Waals surface area contributed by atoms with E-state index in [0.29, 0.717) is 17.0 Å². The van der Waals surface area contributed by atoms with Crippen molar-refractivity contribution in [2.75, 3.05) is 5.32 Å². The highest BCUT2D eigenvalue weighted by Gasteiger charge is 2.14. The molecule has 1 N–H and O–H groups in total. The average Bonchev–Trinajstić information content (AvgIpc) is 2.93. The summed E-state index contributed by atoms with van der Waals surface area (Å²) in [7, 11) is 0. The zero-order valence-corrected chi connectivity index (χ0v) is 11.8. The van der Waals surface area contributed by atoms with Gasteiger partial charge in [0.2, 0.25) is 0 Å². The minimum absolute atomic E-state index is 0.190. The van der Waals surface area contributed by atoms with Gasteiger partial charge in [0.05, 0.1) is 11.6 Å². The summed E-state index contributed by atoms with van der Waals surface area (Å²) in [6.45, 7) is 4.05. The van der Waals surface area contributed by atoms with Crippen molar-refractivity contribution in [3.05, 3.63) is 48.4 Å². The lowest BCUT2D eigenvalue weighted by Crippen LogP contribution is -2.13. The summed E-state index contributed by atoms with van der Waals surface area (Å²) in [5.41, 5.74) is 1.30. The minimum Gasteiger partial charge on any atom is -0.306 e. The molecule has 106 valence electrons. The van der Waals surface area contributed by atoms with E-state index in [2.05, 4.69) is 20.4 Å². The molecule has 3 rings (SSSR count). The molecule has 1 aromatic carbocycles. The van der Waals surface area contributed by atoms with Crippen molar-refractivity contribution in [1.82, 2.24) is 19.7 Å². The molecule has 0 aliphatic rings. The first kappa shape index (κ1) is 13.2. The zero-order valence-electron chi connectivity index (χ0n) is 11.8. The third kappa shape index (κ3) is 2.47. The third-order valence-electron chi connectivity index (χ3n) is 3.15. The van der Waals surface area contributed by atoms with E-state index in [4.69, 9.17) is 0 Å². The van der Waals surface area contributed by atoms with Gasteiger partial charge in [0.1, 0.15) is 12.1 Å². The highest BCUT2D eigenvalue weighted by molar-refractivity contribution is 6.07. The van der Waals surface area contributed by atoms with Gasteiger partial charge in [-0.05, 0) is 26.0 Å². The van der Waals surface area contributed by atoms with Gasteiger partial charge in [-0.3, -0.25) is 4.79 Å². The maximum Gasteiger partial charge on any atom is 0.256 e. The molecule has 6 heteroatoms. The Bertz CT molecular complexity index is 779. The first-order valence-corrected chi connectivity index (χ1v) is 6.71. The third-order valence-corrected chi connectivity index (χ3v) is 3.15. The second-order valence-electron chi connectivity index (χ2n) is 4.96. The van der Waals surface area contributed by atoms with E-state index in [1.807, 2.05) is 32.0 Å². The number of hydrogen-bond acceptors (Lipinski definition) is 4. The molecule has 3 aromatic rings. The predicted molar refractivity (Wildman–Crippen MR) is 80.1 cm³/mol. The van der Waals surface area contributed by atoms with E-state index in [-0.39, 0.29) is 11.9 Å². The molecule has 0 radical (unpaired) electrons. The van der Waals surface area contributed by atoms with Crippen LogP contribution in [0.5, 0.6) is 0 Å². The van der Waals surface area contributed by atoms with Crippen LogP contribution in [0.25, 0.3) is 11.0 Å². The molecule has 0 fully saturated rings. The summed E-state index contributed by atoms with van der Waals surface area (Å²) < 4.78 is 1.80. The molecule has 0 bridgehead atoms. The van der Waals surface area contributed by atoms with Crippen molar-refractivity contribution >= 4 is 22.8 Å². The number of carbonyl (C=O) groups is 1. The minimum atomic E-state index is -0.201. The molecular weight excluding hydrogens is 266 g/mol. The molecule has 1 amide bonds. The number of nitrogens with one attached hydrogen (secondary N) is 1. The summed E-state index contributed by atoms with van der Waals surface area (Å²) in [6, 6.07) is 9.21. The van der Waals surface area contributed by atoms with Crippen LogP contribution in [-0.4, -0.2) is 25.7 Å². The smallest absolute Gasteiger partial charge is 0.256 e. The number of anilines is 1. The van der Waals surface area contributed by atoms with E-state index in [1.165, 1.54) is 6.33 Å². The second kappa shape index (κ2) is 5.32. The Hall–Kier alpha value is -2.76. The van der Waals surface area contributed by atoms with Gasteiger partial charge >= 0.3 is 0 Å². The normalized spacial score (nSPS) is 11.0. The quantitative estimate of drug-likeness (QED) is 0.801. The lowest BCUT2D eigenvalue weighted by molar-refractivity contribution is 0.102. The first-order valence-electron chi connectivity index (χ1n) is 6.71. The number of rotatable bonds is 3. The van der Waals surface area contributed by atoms with Crippen LogP contribution in [0.3, 0.4) is 0 Å². The largest absolute Gasteiger partial charge is 0.306 e. The van der Waals surface area contributed by atoms with Crippen molar-refractivity contribution in [3.8, 4) is 0 Å². The first-order chi connectivity index (χ1) is 10.2. The Balaban J connectivity index is 1.96. The fourth-order valence-electron chi connectivity index (χ4n) is 2.11. The molecule has 6 nitrogen and oxygen atoms in total. The van der Waals surface area contributed by atoms with Crippen LogP contribution < -0.4 is 5.32 Å². The number of amides is 1. The molecule has 2 heterocycles. The van der Waals surface area contributed by atoms with Crippen LogP contribution in [0.15, 0.2) is 42.9 Å². The Morgan fingerprint density at radius 3 is 2.67 bits per heavy atom. The van der Waals surface area contributed by atoms with Crippen molar-refractivity contribution < 1.29 is 4.79 Å². The lowest BCUT2D eigenvalue weighted by atomic mass is 10.2. The molecule has 0 aliphatic heterocycles. The van der Waals surface area contributed by atoms with Gasteiger partial charge in [-0.1, -0.05) is 18.2 Å². The molecule has 0 saturated heterocycles. The van der Waals surface area contributed by atoms with Gasteiger partial charge in [-0.2, -0.15) is 5.10 Å². The predicted octanol–water partition coefficient (Wildman–Crippen LogP) is 2.66. The van der Waals surface area contributed by atoms with E-state index < -0.39 is 0 Å². The SMILES string of the molecule is CC(C)n1ncc2c(NC(=O)c3ccccc3)ncnc21. The van der Waals surface area contributed by atoms with Gasteiger partial charge < -0.3 is 5.32 Å². The monoisotopic (exact) mass is 281 g/mol. The molecular formula is C15H15N5O. The summed E-state index contributed by atoms with van der Waals surface area (Å²) in [5, 5.41) is 7.84. The van der Waals surface area contributed by atoms with Crippen LogP contribution in [0.4, 0.5) is 5.82 Å². The van der Waals surface area contributed by atoms with Gasteiger partial charge in [-0.25, -0.2) is 14.6 Å². The number of nitrogens with zero attached hydrogens (tertiary/aromatic N) is 4. The molecule has 0 spiro atoms. The number of aromatic nitrogens is 4. The van der Waals surface area contributed by atoms with Gasteiger partial charge in [0.15, 0.2) is 5.65 Å². The van der Waals surface area contributed by atoms with Gasteiger partial charge in [0.25, 0.3) is 5.91 Å². The summed E-state index contributed by atoms with van der Waals surface area (Å²) in [6.07, 6.45) is 3.11. The van der Waals surface area contributed by atoms with E-state index in [9.17, 15) is 4.79 Å². The molecule has 0 atom stereocenters. The van der Waals surface area contributed by atoms with E-state index in [1.54, 1.807) is 23.0 Å². The average molecular weight is 281 g/mol. The molecule has 2 aromatic heterocycles. The Labute approximate surface area is 121 Å². The van der Waals surface area contributed by atoms with Crippen molar-refractivity contribution in [3.63, 3.8) is 0 Å². The molecule has 0 aliphatic carbocycles. The zero-order chi connectivity index (χ0) is 14.8. The highest BCUT2D eigenvalue weighted by Crippen LogP contribution is 2.21. The molecule has 0 saturated carbocycles. The Morgan fingerprint density at radius 2 is 1.95 bits per heavy atom. The fourth-order valence-corrected chi connectivity index (χ4v) is 2.11. The maximum absolute atomic E-state index is 12.2. The standard InChI is InChI=1S/C15H15N5O/c1-10(2)20-14-12(8-18-20)13(16-9-17-14)19-15(21)11-6-4-3-5-7-11/h3-10H,1-2H3,(H,16,17,19,21). The summed E-state index contributed by atoms with van der Waals surface area (Å²) in [4.78, 5) is 20.6. The van der Waals surface area contributed by atoms with Crippen molar-refractivity contribution in [1.29, 1.82) is 0 Å². The van der Waals surface area contributed by atoms with Crippen LogP contribution >= 0.6 is 0 Å². The van der Waals surface area contributed by atoms with Gasteiger partial charge in [0, 0.05) is 11.6 Å².